The van der Waals surface area contributed by atoms with Crippen LogP contribution in [-0.2, 0) is 41.3 Å². The van der Waals surface area contributed by atoms with Gasteiger partial charge in [0.25, 0.3) is 0 Å². The maximum absolute atomic E-state index is 13.1. The van der Waals surface area contributed by atoms with Crippen molar-refractivity contribution < 1.29 is 29.6 Å². The van der Waals surface area contributed by atoms with E-state index in [-0.39, 0.29) is 33.2 Å². The fourth-order valence-electron chi connectivity index (χ4n) is 4.95. The van der Waals surface area contributed by atoms with Crippen molar-refractivity contribution in [3.8, 4) is 11.5 Å². The highest BCUT2D eigenvalue weighted by Crippen LogP contribution is 2.47. The summed E-state index contributed by atoms with van der Waals surface area (Å²) in [6.45, 7) is 32.9. The number of rotatable bonds is 8. The van der Waals surface area contributed by atoms with Crippen molar-refractivity contribution in [2.45, 2.75) is 131 Å². The predicted octanol–water partition coefficient (Wildman–Crippen LogP) is 8.74. The molecule has 2 aromatic rings. The summed E-state index contributed by atoms with van der Waals surface area (Å²) >= 11 is 0. The van der Waals surface area contributed by atoms with Crippen LogP contribution in [0.3, 0.4) is 0 Å². The van der Waals surface area contributed by atoms with Gasteiger partial charge < -0.3 is 24.8 Å². The molecule has 3 N–H and O–H groups in total. The van der Waals surface area contributed by atoms with Gasteiger partial charge in [0.15, 0.2) is 0 Å². The van der Waals surface area contributed by atoms with Crippen molar-refractivity contribution in [3.05, 3.63) is 57.6 Å². The van der Waals surface area contributed by atoms with Crippen molar-refractivity contribution in [2.24, 2.45) is 0 Å². The number of phenols is 2. The molecular formula is C37H60O6. The first-order valence-corrected chi connectivity index (χ1v) is 15.5. The van der Waals surface area contributed by atoms with Gasteiger partial charge in [0.1, 0.15) is 16.9 Å². The van der Waals surface area contributed by atoms with Crippen molar-refractivity contribution >= 4 is 5.97 Å². The van der Waals surface area contributed by atoms with Crippen molar-refractivity contribution in [1.29, 1.82) is 0 Å². The van der Waals surface area contributed by atoms with Crippen LogP contribution in [0.25, 0.3) is 0 Å². The first-order valence-electron chi connectivity index (χ1n) is 15.5. The zero-order valence-corrected chi connectivity index (χ0v) is 29.7. The van der Waals surface area contributed by atoms with Crippen molar-refractivity contribution in [3.63, 3.8) is 0 Å². The van der Waals surface area contributed by atoms with Gasteiger partial charge in [0, 0.05) is 13.2 Å². The van der Waals surface area contributed by atoms with E-state index in [2.05, 4.69) is 0 Å². The second-order valence-electron chi connectivity index (χ2n) is 15.7. The van der Waals surface area contributed by atoms with Gasteiger partial charge in [-0.1, -0.05) is 107 Å². The van der Waals surface area contributed by atoms with Crippen LogP contribution in [0.2, 0.25) is 0 Å². The normalized spacial score (nSPS) is 13.0. The minimum atomic E-state index is -1.40. The monoisotopic (exact) mass is 600 g/mol. The summed E-state index contributed by atoms with van der Waals surface area (Å²) in [5, 5.41) is 33.2. The molecule has 244 valence electrons. The Bertz CT molecular complexity index is 1070. The first kappa shape index (κ1) is 38.5. The lowest BCUT2D eigenvalue weighted by Crippen LogP contribution is -2.36. The van der Waals surface area contributed by atoms with E-state index >= 15 is 0 Å². The van der Waals surface area contributed by atoms with E-state index in [0.29, 0.717) is 11.1 Å². The molecule has 0 fully saturated rings. The Hall–Kier alpha value is -2.57. The minimum absolute atomic E-state index is 0.220. The van der Waals surface area contributed by atoms with E-state index in [9.17, 15) is 20.1 Å². The Kier molecular flexibility index (Phi) is 12.5. The Morgan fingerprint density at radius 2 is 0.791 bits per heavy atom. The number of benzene rings is 2. The van der Waals surface area contributed by atoms with Crippen LogP contribution in [0.1, 0.15) is 137 Å². The third kappa shape index (κ3) is 9.46. The van der Waals surface area contributed by atoms with Crippen LogP contribution in [0.15, 0.2) is 24.3 Å². The second-order valence-corrected chi connectivity index (χ2v) is 15.7. The molecule has 6 heteroatoms. The van der Waals surface area contributed by atoms with Gasteiger partial charge in [0.05, 0.1) is 13.2 Å². The molecule has 6 nitrogen and oxygen atoms in total. The van der Waals surface area contributed by atoms with Gasteiger partial charge in [-0.3, -0.25) is 4.79 Å². The highest BCUT2D eigenvalue weighted by molar-refractivity contribution is 5.86. The van der Waals surface area contributed by atoms with Crippen LogP contribution < -0.4 is 0 Å². The van der Waals surface area contributed by atoms with Gasteiger partial charge >= 0.3 is 5.97 Å². The maximum Gasteiger partial charge on any atom is 0.318 e. The molecule has 2 rings (SSSR count). The largest absolute Gasteiger partial charge is 0.507 e. The average Bonchev–Trinajstić information content (AvgIpc) is 2.84. The maximum atomic E-state index is 13.1. The van der Waals surface area contributed by atoms with Gasteiger partial charge in [-0.2, -0.15) is 0 Å². The van der Waals surface area contributed by atoms with E-state index < -0.39 is 11.4 Å². The highest BCUT2D eigenvalue weighted by Gasteiger charge is 2.42. The number of aliphatic carboxylic acids is 1. The number of phenolic OH excluding ortho intramolecular Hbond substituents is 2. The van der Waals surface area contributed by atoms with E-state index in [1.807, 2.05) is 121 Å². The van der Waals surface area contributed by atoms with E-state index in [1.165, 1.54) is 0 Å². The number of aromatic hydroxyl groups is 2. The Labute approximate surface area is 261 Å². The molecule has 0 aliphatic rings. The van der Waals surface area contributed by atoms with Crippen LogP contribution in [-0.4, -0.2) is 47.7 Å². The molecule has 0 aliphatic heterocycles. The molecule has 0 heterocycles. The van der Waals surface area contributed by atoms with Gasteiger partial charge in [-0.15, -0.1) is 0 Å². The van der Waals surface area contributed by atoms with E-state index in [4.69, 9.17) is 9.47 Å². The van der Waals surface area contributed by atoms with Crippen LogP contribution in [0.4, 0.5) is 0 Å². The molecule has 0 saturated carbocycles. The fraction of sp³-hybridized carbons (Fsp3) is 0.649. The molecule has 2 aromatic carbocycles. The Morgan fingerprint density at radius 1 is 0.558 bits per heavy atom. The molecule has 0 spiro atoms. The summed E-state index contributed by atoms with van der Waals surface area (Å²) in [6.07, 6.45) is 0. The summed E-state index contributed by atoms with van der Waals surface area (Å²) in [6, 6.07) is 7.39. The molecule has 0 atom stereocenters. The van der Waals surface area contributed by atoms with Gasteiger partial charge in [0.2, 0.25) is 0 Å². The molecule has 0 bridgehead atoms. The van der Waals surface area contributed by atoms with Crippen LogP contribution in [0, 0.1) is 0 Å². The number of hydrogen-bond acceptors (Lipinski definition) is 5. The Balaban J connectivity index is 0.00000101. The number of carboxylic acid groups (broad SMARTS) is 1. The third-order valence-electron chi connectivity index (χ3n) is 7.81. The minimum Gasteiger partial charge on any atom is -0.507 e. The lowest BCUT2D eigenvalue weighted by Gasteiger charge is -2.35. The zero-order valence-electron chi connectivity index (χ0n) is 29.7. The third-order valence-corrected chi connectivity index (χ3v) is 7.81. The summed E-state index contributed by atoms with van der Waals surface area (Å²) in [5.41, 5.74) is 1.16. The number of carboxylic acids is 1. The second kappa shape index (κ2) is 14.0. The number of hydrogen-bond donors (Lipinski definition) is 3. The Morgan fingerprint density at radius 3 is 0.953 bits per heavy atom. The summed E-state index contributed by atoms with van der Waals surface area (Å²) in [4.78, 5) is 13.1. The number of ether oxygens (including phenoxy) is 2. The first-order chi connectivity index (χ1) is 19.3. The molecule has 0 aromatic heterocycles. The predicted molar refractivity (Wildman–Crippen MR) is 178 cm³/mol. The van der Waals surface area contributed by atoms with E-state index in [0.717, 1.165) is 48.7 Å². The molecular weight excluding hydrogens is 540 g/mol. The lowest BCUT2D eigenvalue weighted by atomic mass is 9.68. The molecule has 0 aliphatic carbocycles. The topological polar surface area (TPSA) is 96.2 Å². The summed E-state index contributed by atoms with van der Waals surface area (Å²) < 4.78 is 10.0. The van der Waals surface area contributed by atoms with Gasteiger partial charge in [-0.25, -0.2) is 0 Å². The summed E-state index contributed by atoms with van der Waals surface area (Å²) in [7, 11) is 0. The quantitative estimate of drug-likeness (QED) is 0.262. The SMILES string of the molecule is CC(C)(C)c1cc(C(C)(C(=O)O)c2cc(C(C)(C)C)c(O)c(C(C)(C)C)c2)cc(C(C)(C)C)c1O.CCOCCOCC. The highest BCUT2D eigenvalue weighted by atomic mass is 16.5. The molecule has 0 radical (unpaired) electrons. The average molecular weight is 601 g/mol. The molecule has 0 amide bonds. The number of carbonyl (C=O) groups is 1. The van der Waals surface area contributed by atoms with Crippen LogP contribution >= 0.6 is 0 Å². The van der Waals surface area contributed by atoms with Crippen molar-refractivity contribution in [2.75, 3.05) is 26.4 Å². The smallest absolute Gasteiger partial charge is 0.318 e. The van der Waals surface area contributed by atoms with Gasteiger partial charge in [-0.05, 0) is 75.8 Å². The molecule has 43 heavy (non-hydrogen) atoms. The van der Waals surface area contributed by atoms with Crippen LogP contribution in [0.5, 0.6) is 11.5 Å². The lowest BCUT2D eigenvalue weighted by molar-refractivity contribution is -0.141. The molecule has 0 saturated heterocycles. The van der Waals surface area contributed by atoms with Crippen molar-refractivity contribution in [1.82, 2.24) is 0 Å². The standard InChI is InChI=1S/C31H46O4.C6H14O2/c1-27(2,3)20-14-18(15-21(24(20)32)28(4,5)6)31(13,26(34)35)19-16-22(29(7,8)9)25(33)23(17-19)30(10,11)12;1-3-7-5-6-8-4-2/h14-17,32-33H,1-13H3,(H,34,35);3-6H2,1-2H3. The molecule has 0 unspecified atom stereocenters. The zero-order chi connectivity index (χ0) is 33.8. The summed E-state index contributed by atoms with van der Waals surface area (Å²) in [5.74, 6) is -0.538. The van der Waals surface area contributed by atoms with E-state index in [1.54, 1.807) is 6.92 Å². The fourth-order valence-corrected chi connectivity index (χ4v) is 4.95.